The molecule has 0 spiro atoms. The number of pyridine rings is 1. The summed E-state index contributed by atoms with van der Waals surface area (Å²) in [5.74, 6) is 2.29. The van der Waals surface area contributed by atoms with E-state index in [0.717, 1.165) is 18.5 Å². The molecule has 17 heavy (non-hydrogen) atoms. The Morgan fingerprint density at radius 1 is 1.59 bits per heavy atom. The largest absolute Gasteiger partial charge is 0.331 e. The van der Waals surface area contributed by atoms with Crippen molar-refractivity contribution < 1.29 is 4.79 Å². The Labute approximate surface area is 107 Å². The number of carbonyl (C=O) groups excluding carboxylic acids is 1. The van der Waals surface area contributed by atoms with E-state index in [0.29, 0.717) is 10.7 Å². The second-order valence-electron chi connectivity index (χ2n) is 3.79. The van der Waals surface area contributed by atoms with Crippen LogP contribution in [0, 0.1) is 12.3 Å². The van der Waals surface area contributed by atoms with Gasteiger partial charge in [0.15, 0.2) is 0 Å². The van der Waals surface area contributed by atoms with E-state index in [-0.39, 0.29) is 12.5 Å². The number of aromatic nitrogens is 1. The molecule has 0 saturated heterocycles. The second kappa shape index (κ2) is 6.27. The lowest BCUT2D eigenvalue weighted by Gasteiger charge is -2.14. The van der Waals surface area contributed by atoms with Gasteiger partial charge in [0.25, 0.3) is 5.91 Å². The van der Waals surface area contributed by atoms with Crippen LogP contribution in [0.5, 0.6) is 0 Å². The van der Waals surface area contributed by atoms with Gasteiger partial charge in [-0.05, 0) is 18.6 Å². The summed E-state index contributed by atoms with van der Waals surface area (Å²) >= 11 is 5.89. The van der Waals surface area contributed by atoms with Crippen LogP contribution in [0.3, 0.4) is 0 Å². The number of nitrogens with zero attached hydrogens (tertiary/aromatic N) is 2. The summed E-state index contributed by atoms with van der Waals surface area (Å²) in [4.78, 5) is 17.6. The summed E-state index contributed by atoms with van der Waals surface area (Å²) in [7, 11) is 1.66. The lowest BCUT2D eigenvalue weighted by molar-refractivity contribution is 0.0812. The van der Waals surface area contributed by atoms with Crippen molar-refractivity contribution in [1.29, 1.82) is 0 Å². The second-order valence-corrected chi connectivity index (χ2v) is 4.17. The van der Waals surface area contributed by atoms with Crippen molar-refractivity contribution in [1.82, 2.24) is 9.88 Å². The molecule has 1 amide bonds. The first-order valence-electron chi connectivity index (χ1n) is 5.43. The quantitative estimate of drug-likeness (QED) is 0.607. The molecule has 90 valence electrons. The van der Waals surface area contributed by atoms with Gasteiger partial charge in [0, 0.05) is 18.3 Å². The smallest absolute Gasteiger partial charge is 0.254 e. The van der Waals surface area contributed by atoms with Gasteiger partial charge < -0.3 is 4.90 Å². The summed E-state index contributed by atoms with van der Waals surface area (Å²) in [5, 5.41) is 0.341. The maximum Gasteiger partial charge on any atom is 0.254 e. The summed E-state index contributed by atoms with van der Waals surface area (Å²) in [5.41, 5.74) is 1.36. The minimum absolute atomic E-state index is 0.135. The Hall–Kier alpha value is -1.53. The zero-order chi connectivity index (χ0) is 12.8. The number of halogens is 1. The number of terminal acetylenes is 1. The molecule has 3 nitrogen and oxygen atoms in total. The van der Waals surface area contributed by atoms with E-state index in [4.69, 9.17) is 18.0 Å². The van der Waals surface area contributed by atoms with Crippen molar-refractivity contribution in [3.63, 3.8) is 0 Å². The van der Waals surface area contributed by atoms with Crippen LogP contribution in [0.15, 0.2) is 12.1 Å². The molecule has 0 saturated carbocycles. The van der Waals surface area contributed by atoms with Gasteiger partial charge in [0.2, 0.25) is 0 Å². The fraction of sp³-hybridized carbons (Fsp3) is 0.385. The lowest BCUT2D eigenvalue weighted by atomic mass is 10.1. The van der Waals surface area contributed by atoms with Gasteiger partial charge in [0.05, 0.1) is 6.54 Å². The van der Waals surface area contributed by atoms with Crippen molar-refractivity contribution >= 4 is 17.5 Å². The van der Waals surface area contributed by atoms with Gasteiger partial charge >= 0.3 is 0 Å². The normalized spacial score (nSPS) is 9.76. The first-order chi connectivity index (χ1) is 8.08. The fourth-order valence-corrected chi connectivity index (χ4v) is 1.71. The van der Waals surface area contributed by atoms with Gasteiger partial charge in [-0.3, -0.25) is 4.79 Å². The molecule has 1 heterocycles. The maximum absolute atomic E-state index is 12.0. The predicted octanol–water partition coefficient (Wildman–Crippen LogP) is 2.39. The van der Waals surface area contributed by atoms with Gasteiger partial charge in [-0.25, -0.2) is 4.98 Å². The SMILES string of the molecule is C#CCN(C)C(=O)c1cc(Cl)nc(CCC)c1. The highest BCUT2D eigenvalue weighted by atomic mass is 35.5. The molecule has 0 atom stereocenters. The molecule has 0 fully saturated rings. The molecule has 0 aliphatic carbocycles. The highest BCUT2D eigenvalue weighted by Crippen LogP contribution is 2.13. The van der Waals surface area contributed by atoms with Crippen LogP contribution in [-0.2, 0) is 6.42 Å². The van der Waals surface area contributed by atoms with Crippen LogP contribution in [0.25, 0.3) is 0 Å². The molecule has 0 aliphatic rings. The van der Waals surface area contributed by atoms with Crippen LogP contribution in [-0.4, -0.2) is 29.4 Å². The van der Waals surface area contributed by atoms with Gasteiger partial charge in [-0.15, -0.1) is 6.42 Å². The number of hydrogen-bond acceptors (Lipinski definition) is 2. The van der Waals surface area contributed by atoms with Crippen molar-refractivity contribution in [2.75, 3.05) is 13.6 Å². The maximum atomic E-state index is 12.0. The summed E-state index contributed by atoms with van der Waals surface area (Å²) in [6.07, 6.45) is 6.94. The third-order valence-electron chi connectivity index (χ3n) is 2.28. The Morgan fingerprint density at radius 3 is 2.88 bits per heavy atom. The topological polar surface area (TPSA) is 33.2 Å². The zero-order valence-electron chi connectivity index (χ0n) is 10.0. The molecule has 0 N–H and O–H groups in total. The van der Waals surface area contributed by atoms with E-state index in [1.54, 1.807) is 19.2 Å². The third-order valence-corrected chi connectivity index (χ3v) is 2.47. The third kappa shape index (κ3) is 3.76. The number of rotatable bonds is 4. The molecule has 1 rings (SSSR count). The van der Waals surface area contributed by atoms with E-state index >= 15 is 0 Å². The molecule has 0 bridgehead atoms. The van der Waals surface area contributed by atoms with Crippen LogP contribution < -0.4 is 0 Å². The number of aryl methyl sites for hydroxylation is 1. The summed E-state index contributed by atoms with van der Waals surface area (Å²) in [6, 6.07) is 3.33. The van der Waals surface area contributed by atoms with E-state index in [1.807, 2.05) is 0 Å². The minimum atomic E-state index is -0.135. The van der Waals surface area contributed by atoms with Crippen molar-refractivity contribution in [2.24, 2.45) is 0 Å². The molecule has 4 heteroatoms. The van der Waals surface area contributed by atoms with Crippen molar-refractivity contribution in [3.05, 3.63) is 28.5 Å². The standard InChI is InChI=1S/C13H15ClN2O/c1-4-6-11-8-10(9-12(14)15-11)13(17)16(3)7-5-2/h2,8-9H,4,6-7H2,1,3H3. The van der Waals surface area contributed by atoms with Crippen molar-refractivity contribution in [3.8, 4) is 12.3 Å². The fourth-order valence-electron chi connectivity index (χ4n) is 1.49. The molecule has 0 aromatic carbocycles. The van der Waals surface area contributed by atoms with Gasteiger partial charge in [-0.1, -0.05) is 30.9 Å². The van der Waals surface area contributed by atoms with E-state index in [1.165, 1.54) is 4.90 Å². The van der Waals surface area contributed by atoms with Crippen LogP contribution in [0.1, 0.15) is 29.4 Å². The molecule has 0 aliphatic heterocycles. The Morgan fingerprint density at radius 2 is 2.29 bits per heavy atom. The van der Waals surface area contributed by atoms with E-state index in [9.17, 15) is 4.79 Å². The first-order valence-corrected chi connectivity index (χ1v) is 5.81. The monoisotopic (exact) mass is 250 g/mol. The predicted molar refractivity (Wildman–Crippen MR) is 69.0 cm³/mol. The average molecular weight is 251 g/mol. The van der Waals surface area contributed by atoms with Crippen LogP contribution >= 0.6 is 11.6 Å². The minimum Gasteiger partial charge on any atom is -0.331 e. The highest BCUT2D eigenvalue weighted by molar-refractivity contribution is 6.29. The molecule has 1 aromatic rings. The molecular weight excluding hydrogens is 236 g/mol. The molecule has 0 radical (unpaired) electrons. The number of hydrogen-bond donors (Lipinski definition) is 0. The Balaban J connectivity index is 2.97. The number of carbonyl (C=O) groups is 1. The Kier molecular flexibility index (Phi) is 4.99. The van der Waals surface area contributed by atoms with Gasteiger partial charge in [-0.2, -0.15) is 0 Å². The Bertz CT molecular complexity index is 451. The zero-order valence-corrected chi connectivity index (χ0v) is 10.8. The van der Waals surface area contributed by atoms with Crippen molar-refractivity contribution in [2.45, 2.75) is 19.8 Å². The van der Waals surface area contributed by atoms with E-state index in [2.05, 4.69) is 17.8 Å². The van der Waals surface area contributed by atoms with Crippen LogP contribution in [0.2, 0.25) is 5.15 Å². The summed E-state index contributed by atoms with van der Waals surface area (Å²) in [6.45, 7) is 2.33. The number of amides is 1. The molecular formula is C13H15ClN2O. The van der Waals surface area contributed by atoms with Crippen LogP contribution in [0.4, 0.5) is 0 Å². The molecule has 1 aromatic heterocycles. The highest BCUT2D eigenvalue weighted by Gasteiger charge is 2.12. The van der Waals surface area contributed by atoms with E-state index < -0.39 is 0 Å². The molecule has 0 unspecified atom stereocenters. The van der Waals surface area contributed by atoms with Gasteiger partial charge in [0.1, 0.15) is 5.15 Å². The first kappa shape index (κ1) is 13.5. The average Bonchev–Trinajstić information content (AvgIpc) is 2.28. The summed E-state index contributed by atoms with van der Waals surface area (Å²) < 4.78 is 0. The lowest BCUT2D eigenvalue weighted by Crippen LogP contribution is -2.27.